The highest BCUT2D eigenvalue weighted by Gasteiger charge is 2.30. The van der Waals surface area contributed by atoms with E-state index >= 15 is 0 Å². The number of carbonyl (C=O) groups excluding carboxylic acids is 1. The lowest BCUT2D eigenvalue weighted by molar-refractivity contribution is -0.141. The maximum absolute atomic E-state index is 12.6. The van der Waals surface area contributed by atoms with Crippen LogP contribution in [-0.2, 0) is 23.9 Å². The van der Waals surface area contributed by atoms with Crippen molar-refractivity contribution in [1.82, 2.24) is 5.32 Å². The minimum atomic E-state index is -4.46. The molecule has 2 aromatic rings. The SMILES string of the molecule is COc1ccc(CC(C)C(=O)O)cc1CNC(=O)c1ccc(C(F)(F)F)cc1. The number of hydrogen-bond acceptors (Lipinski definition) is 3. The molecule has 150 valence electrons. The van der Waals surface area contributed by atoms with Gasteiger partial charge in [-0.1, -0.05) is 19.1 Å². The highest BCUT2D eigenvalue weighted by molar-refractivity contribution is 5.94. The molecule has 0 bridgehead atoms. The highest BCUT2D eigenvalue weighted by atomic mass is 19.4. The van der Waals surface area contributed by atoms with Crippen LogP contribution in [0, 0.1) is 5.92 Å². The van der Waals surface area contributed by atoms with Gasteiger partial charge in [0.05, 0.1) is 18.6 Å². The molecule has 28 heavy (non-hydrogen) atoms. The molecular weight excluding hydrogens is 375 g/mol. The molecule has 2 aromatic carbocycles. The van der Waals surface area contributed by atoms with Gasteiger partial charge in [0, 0.05) is 17.7 Å². The van der Waals surface area contributed by atoms with E-state index in [1.165, 1.54) is 7.11 Å². The Balaban J connectivity index is 2.09. The lowest BCUT2D eigenvalue weighted by Gasteiger charge is -2.13. The molecule has 5 nitrogen and oxygen atoms in total. The number of aliphatic carboxylic acids is 1. The Morgan fingerprint density at radius 1 is 1.14 bits per heavy atom. The fraction of sp³-hybridized carbons (Fsp3) is 0.300. The van der Waals surface area contributed by atoms with Gasteiger partial charge < -0.3 is 15.2 Å². The predicted octanol–water partition coefficient (Wildman–Crippen LogP) is 3.91. The van der Waals surface area contributed by atoms with Crippen molar-refractivity contribution in [3.8, 4) is 5.75 Å². The predicted molar refractivity (Wildman–Crippen MR) is 96.1 cm³/mol. The van der Waals surface area contributed by atoms with E-state index in [0.29, 0.717) is 17.7 Å². The van der Waals surface area contributed by atoms with Crippen LogP contribution in [0.5, 0.6) is 5.75 Å². The van der Waals surface area contributed by atoms with E-state index in [4.69, 9.17) is 9.84 Å². The summed E-state index contributed by atoms with van der Waals surface area (Å²) in [6, 6.07) is 9.10. The Kier molecular flexibility index (Phi) is 6.66. The largest absolute Gasteiger partial charge is 0.496 e. The lowest BCUT2D eigenvalue weighted by Crippen LogP contribution is -2.23. The van der Waals surface area contributed by atoms with Gasteiger partial charge >= 0.3 is 12.1 Å². The first-order chi connectivity index (χ1) is 13.1. The topological polar surface area (TPSA) is 75.6 Å². The summed E-state index contributed by atoms with van der Waals surface area (Å²) in [5.74, 6) is -1.49. The number of halogens is 3. The fourth-order valence-corrected chi connectivity index (χ4v) is 2.63. The first kappa shape index (κ1) is 21.3. The Morgan fingerprint density at radius 2 is 1.79 bits per heavy atom. The second-order valence-electron chi connectivity index (χ2n) is 6.35. The molecule has 1 amide bonds. The van der Waals surface area contributed by atoms with E-state index in [1.807, 2.05) is 0 Å². The number of rotatable bonds is 7. The molecule has 0 fully saturated rings. The molecule has 0 radical (unpaired) electrons. The molecule has 0 saturated heterocycles. The molecule has 2 rings (SSSR count). The zero-order valence-corrected chi connectivity index (χ0v) is 15.3. The van der Waals surface area contributed by atoms with Crippen molar-refractivity contribution in [2.45, 2.75) is 26.1 Å². The quantitative estimate of drug-likeness (QED) is 0.746. The van der Waals surface area contributed by atoms with Gasteiger partial charge in [-0.3, -0.25) is 9.59 Å². The molecule has 0 spiro atoms. The van der Waals surface area contributed by atoms with Gasteiger partial charge in [0.15, 0.2) is 0 Å². The third kappa shape index (κ3) is 5.48. The second kappa shape index (κ2) is 8.77. The normalized spacial score (nSPS) is 12.3. The van der Waals surface area contributed by atoms with E-state index in [2.05, 4.69) is 5.32 Å². The molecule has 0 aliphatic rings. The van der Waals surface area contributed by atoms with Crippen LogP contribution < -0.4 is 10.1 Å². The number of carbonyl (C=O) groups is 2. The van der Waals surface area contributed by atoms with Gasteiger partial charge in [-0.2, -0.15) is 13.2 Å². The molecule has 2 N–H and O–H groups in total. The Labute approximate surface area is 160 Å². The molecule has 0 aromatic heterocycles. The zero-order valence-electron chi connectivity index (χ0n) is 15.3. The molecule has 0 aliphatic carbocycles. The molecule has 1 unspecified atom stereocenters. The van der Waals surface area contributed by atoms with Crippen LogP contribution in [0.2, 0.25) is 0 Å². The van der Waals surface area contributed by atoms with Crippen molar-refractivity contribution >= 4 is 11.9 Å². The monoisotopic (exact) mass is 395 g/mol. The summed E-state index contributed by atoms with van der Waals surface area (Å²) in [5, 5.41) is 11.7. The van der Waals surface area contributed by atoms with Crippen LogP contribution in [0.25, 0.3) is 0 Å². The first-order valence-corrected chi connectivity index (χ1v) is 8.46. The molecule has 0 heterocycles. The van der Waals surface area contributed by atoms with Crippen molar-refractivity contribution < 1.29 is 32.6 Å². The second-order valence-corrected chi connectivity index (χ2v) is 6.35. The van der Waals surface area contributed by atoms with E-state index in [0.717, 1.165) is 29.8 Å². The highest BCUT2D eigenvalue weighted by Crippen LogP contribution is 2.29. The Bertz CT molecular complexity index is 848. The number of methoxy groups -OCH3 is 1. The van der Waals surface area contributed by atoms with E-state index in [9.17, 15) is 22.8 Å². The van der Waals surface area contributed by atoms with Crippen molar-refractivity contribution in [2.24, 2.45) is 5.92 Å². The molecular formula is C20H20F3NO4. The zero-order chi connectivity index (χ0) is 20.9. The van der Waals surface area contributed by atoms with Crippen LogP contribution in [0.1, 0.15) is 34.0 Å². The van der Waals surface area contributed by atoms with Gasteiger partial charge in [0.2, 0.25) is 0 Å². The maximum Gasteiger partial charge on any atom is 0.416 e. The van der Waals surface area contributed by atoms with Crippen molar-refractivity contribution in [3.05, 3.63) is 64.7 Å². The van der Waals surface area contributed by atoms with Crippen LogP contribution in [0.3, 0.4) is 0 Å². The minimum Gasteiger partial charge on any atom is -0.496 e. The third-order valence-electron chi connectivity index (χ3n) is 4.22. The fourth-order valence-electron chi connectivity index (χ4n) is 2.63. The Morgan fingerprint density at radius 3 is 2.32 bits per heavy atom. The number of hydrogen-bond donors (Lipinski definition) is 2. The number of amides is 1. The summed E-state index contributed by atoms with van der Waals surface area (Å²) >= 11 is 0. The summed E-state index contributed by atoms with van der Waals surface area (Å²) in [7, 11) is 1.47. The molecule has 0 saturated carbocycles. The number of benzene rings is 2. The Hall–Kier alpha value is -3.03. The van der Waals surface area contributed by atoms with Crippen LogP contribution in [0.15, 0.2) is 42.5 Å². The smallest absolute Gasteiger partial charge is 0.416 e. The number of carboxylic acid groups (broad SMARTS) is 1. The number of alkyl halides is 3. The van der Waals surface area contributed by atoms with E-state index < -0.39 is 29.5 Å². The molecule has 1 atom stereocenters. The van der Waals surface area contributed by atoms with Crippen molar-refractivity contribution in [2.75, 3.05) is 7.11 Å². The first-order valence-electron chi connectivity index (χ1n) is 8.46. The standard InChI is InChI=1S/C20H20F3NO4/c1-12(19(26)27)9-13-3-8-17(28-2)15(10-13)11-24-18(25)14-4-6-16(7-5-14)20(21,22)23/h3-8,10,12H,9,11H2,1-2H3,(H,24,25)(H,26,27). The van der Waals surface area contributed by atoms with Gasteiger partial charge in [-0.15, -0.1) is 0 Å². The average molecular weight is 395 g/mol. The van der Waals surface area contributed by atoms with Gasteiger partial charge in [0.25, 0.3) is 5.91 Å². The lowest BCUT2D eigenvalue weighted by atomic mass is 9.99. The number of nitrogens with one attached hydrogen (secondary N) is 1. The van der Waals surface area contributed by atoms with Crippen LogP contribution >= 0.6 is 0 Å². The third-order valence-corrected chi connectivity index (χ3v) is 4.22. The van der Waals surface area contributed by atoms with E-state index in [1.54, 1.807) is 25.1 Å². The van der Waals surface area contributed by atoms with Gasteiger partial charge in [0.1, 0.15) is 5.75 Å². The summed E-state index contributed by atoms with van der Waals surface area (Å²) in [6.45, 7) is 1.68. The van der Waals surface area contributed by atoms with Crippen molar-refractivity contribution in [3.63, 3.8) is 0 Å². The number of ether oxygens (including phenoxy) is 1. The summed E-state index contributed by atoms with van der Waals surface area (Å²) in [5.41, 5.74) is 0.681. The van der Waals surface area contributed by atoms with Crippen molar-refractivity contribution in [1.29, 1.82) is 0 Å². The summed E-state index contributed by atoms with van der Waals surface area (Å²) in [6.07, 6.45) is -4.14. The van der Waals surface area contributed by atoms with Gasteiger partial charge in [-0.25, -0.2) is 0 Å². The summed E-state index contributed by atoms with van der Waals surface area (Å²) in [4.78, 5) is 23.2. The molecule has 0 aliphatic heterocycles. The molecule has 8 heteroatoms. The maximum atomic E-state index is 12.6. The van der Waals surface area contributed by atoms with Gasteiger partial charge in [-0.05, 0) is 42.3 Å². The van der Waals surface area contributed by atoms with Crippen LogP contribution in [0.4, 0.5) is 13.2 Å². The van der Waals surface area contributed by atoms with Crippen LogP contribution in [-0.4, -0.2) is 24.1 Å². The average Bonchev–Trinajstić information content (AvgIpc) is 2.65. The van der Waals surface area contributed by atoms with E-state index in [-0.39, 0.29) is 12.1 Å². The minimum absolute atomic E-state index is 0.0817. The number of carboxylic acids is 1. The summed E-state index contributed by atoms with van der Waals surface area (Å²) < 4.78 is 43.1.